The van der Waals surface area contributed by atoms with Crippen molar-refractivity contribution in [1.82, 2.24) is 15.5 Å². The average Bonchev–Trinajstić information content (AvgIpc) is 3.48. The van der Waals surface area contributed by atoms with E-state index in [1.807, 2.05) is 30.3 Å². The average molecular weight is 651 g/mol. The fourth-order valence-corrected chi connectivity index (χ4v) is 5.86. The lowest BCUT2D eigenvalue weighted by molar-refractivity contribution is -0.385. The van der Waals surface area contributed by atoms with Gasteiger partial charge in [-0.3, -0.25) is 29.8 Å². The van der Waals surface area contributed by atoms with Gasteiger partial charge in [0.25, 0.3) is 17.5 Å². The first kappa shape index (κ1) is 31.8. The van der Waals surface area contributed by atoms with Gasteiger partial charge in [0, 0.05) is 22.2 Å². The summed E-state index contributed by atoms with van der Waals surface area (Å²) in [6.45, 7) is 1.80. The second kappa shape index (κ2) is 14.9. The van der Waals surface area contributed by atoms with Crippen LogP contribution in [0.3, 0.4) is 0 Å². The number of amides is 3. The highest BCUT2D eigenvalue weighted by Gasteiger charge is 2.24. The van der Waals surface area contributed by atoms with Gasteiger partial charge in [0.2, 0.25) is 11.0 Å². The van der Waals surface area contributed by atoms with Crippen LogP contribution in [0.4, 0.5) is 16.5 Å². The number of nitro groups is 1. The van der Waals surface area contributed by atoms with E-state index < -0.39 is 22.0 Å². The summed E-state index contributed by atoms with van der Waals surface area (Å²) >= 11 is 2.60. The van der Waals surface area contributed by atoms with Crippen molar-refractivity contribution in [2.24, 2.45) is 0 Å². The van der Waals surface area contributed by atoms with E-state index in [0.717, 1.165) is 15.5 Å². The van der Waals surface area contributed by atoms with E-state index in [-0.39, 0.29) is 22.9 Å². The van der Waals surface area contributed by atoms with Crippen molar-refractivity contribution in [3.05, 3.63) is 147 Å². The molecule has 13 heteroatoms. The zero-order valence-electron chi connectivity index (χ0n) is 24.2. The van der Waals surface area contributed by atoms with Crippen molar-refractivity contribution in [2.45, 2.75) is 17.1 Å². The fourth-order valence-electron chi connectivity index (χ4n) is 4.24. The first-order valence-corrected chi connectivity index (χ1v) is 15.5. The van der Waals surface area contributed by atoms with Crippen LogP contribution < -0.4 is 16.0 Å². The fraction of sp³-hybridized carbons (Fsp3) is 0.0606. The van der Waals surface area contributed by atoms with Gasteiger partial charge in [-0.05, 0) is 61.0 Å². The molecule has 1 atom stereocenters. The molecule has 0 aliphatic rings. The lowest BCUT2D eigenvalue weighted by Crippen LogP contribution is -2.30. The van der Waals surface area contributed by atoms with Crippen LogP contribution in [-0.4, -0.2) is 32.8 Å². The molecule has 0 bridgehead atoms. The number of nitro benzene ring substituents is 1. The van der Waals surface area contributed by atoms with Crippen molar-refractivity contribution < 1.29 is 19.3 Å². The SMILES string of the molecule is Cc1nnc(NC(=O)C(Sc2ccc(NC(=O)/C(=C/c3ccccc3[N+](=O)[O-])NC(=O)c3ccccc3)cc2)c2ccccc2)s1. The number of anilines is 2. The molecule has 0 aliphatic carbocycles. The lowest BCUT2D eigenvalue weighted by Gasteiger charge is -2.16. The zero-order valence-corrected chi connectivity index (χ0v) is 25.9. The summed E-state index contributed by atoms with van der Waals surface area (Å²) in [6.07, 6.45) is 1.26. The second-order valence-electron chi connectivity index (χ2n) is 9.70. The number of aromatic nitrogens is 2. The minimum absolute atomic E-state index is 0.145. The highest BCUT2D eigenvalue weighted by atomic mass is 32.2. The first-order valence-electron chi connectivity index (χ1n) is 13.8. The Hall–Kier alpha value is -5.66. The van der Waals surface area contributed by atoms with Crippen LogP contribution in [-0.2, 0) is 9.59 Å². The van der Waals surface area contributed by atoms with Crippen LogP contribution in [0.2, 0.25) is 0 Å². The van der Waals surface area contributed by atoms with Crippen molar-refractivity contribution in [1.29, 1.82) is 0 Å². The molecule has 11 nitrogen and oxygen atoms in total. The van der Waals surface area contributed by atoms with Gasteiger partial charge in [-0.25, -0.2) is 0 Å². The van der Waals surface area contributed by atoms with Gasteiger partial charge < -0.3 is 10.6 Å². The van der Waals surface area contributed by atoms with Crippen LogP contribution in [0.5, 0.6) is 0 Å². The molecule has 5 rings (SSSR count). The molecule has 0 saturated heterocycles. The van der Waals surface area contributed by atoms with Crippen molar-refractivity contribution >= 4 is 63.4 Å². The Labute approximate surface area is 271 Å². The quantitative estimate of drug-likeness (QED) is 0.0622. The van der Waals surface area contributed by atoms with Crippen LogP contribution in [0, 0.1) is 17.0 Å². The van der Waals surface area contributed by atoms with Gasteiger partial charge in [-0.15, -0.1) is 22.0 Å². The van der Waals surface area contributed by atoms with E-state index in [0.29, 0.717) is 16.4 Å². The third-order valence-corrected chi connectivity index (χ3v) is 8.45. The Balaban J connectivity index is 1.35. The predicted molar refractivity (Wildman–Crippen MR) is 178 cm³/mol. The molecule has 230 valence electrons. The van der Waals surface area contributed by atoms with E-state index in [1.165, 1.54) is 47.4 Å². The Kier molecular flexibility index (Phi) is 10.3. The Bertz CT molecular complexity index is 1900. The van der Waals surface area contributed by atoms with Crippen molar-refractivity contribution in [3.8, 4) is 0 Å². The first-order chi connectivity index (χ1) is 22.3. The van der Waals surface area contributed by atoms with E-state index in [4.69, 9.17) is 0 Å². The molecule has 0 spiro atoms. The lowest BCUT2D eigenvalue weighted by atomic mass is 10.1. The van der Waals surface area contributed by atoms with Crippen LogP contribution in [0.25, 0.3) is 6.08 Å². The number of carbonyl (C=O) groups excluding carboxylic acids is 3. The summed E-state index contributed by atoms with van der Waals surface area (Å²) in [6, 6.07) is 30.4. The second-order valence-corrected chi connectivity index (χ2v) is 12.1. The van der Waals surface area contributed by atoms with Gasteiger partial charge in [-0.2, -0.15) is 0 Å². The highest BCUT2D eigenvalue weighted by molar-refractivity contribution is 8.00. The normalized spacial score (nSPS) is 11.7. The molecule has 0 radical (unpaired) electrons. The molecule has 1 aromatic heterocycles. The number of nitrogens with one attached hydrogen (secondary N) is 3. The Morgan fingerprint density at radius 1 is 0.848 bits per heavy atom. The van der Waals surface area contributed by atoms with Gasteiger partial charge in [0.15, 0.2) is 0 Å². The third kappa shape index (κ3) is 8.28. The number of para-hydroxylation sites is 1. The van der Waals surface area contributed by atoms with Gasteiger partial charge in [0.1, 0.15) is 16.0 Å². The molecular formula is C33H26N6O5S2. The third-order valence-electron chi connectivity index (χ3n) is 6.42. The Morgan fingerprint density at radius 3 is 2.15 bits per heavy atom. The molecule has 1 heterocycles. The van der Waals surface area contributed by atoms with Crippen molar-refractivity contribution in [3.63, 3.8) is 0 Å². The summed E-state index contributed by atoms with van der Waals surface area (Å²) in [7, 11) is 0. The summed E-state index contributed by atoms with van der Waals surface area (Å²) in [5.41, 5.74) is 1.25. The molecule has 3 N–H and O–H groups in total. The summed E-state index contributed by atoms with van der Waals surface area (Å²) in [5, 5.41) is 28.2. The standard InChI is InChI=1S/C33H26N6O5S2/c1-21-37-38-33(45-21)36-32(42)29(22-10-4-2-5-11-22)46-26-18-16-25(17-19-26)34-31(41)27(35-30(40)23-12-6-3-7-13-23)20-24-14-8-9-15-28(24)39(43)44/h2-20,29H,1H3,(H,34,41)(H,35,40)(H,36,38,42)/b27-20-. The highest BCUT2D eigenvalue weighted by Crippen LogP contribution is 2.37. The smallest absolute Gasteiger partial charge is 0.276 e. The molecule has 0 saturated carbocycles. The van der Waals surface area contributed by atoms with Gasteiger partial charge in [0.05, 0.1) is 10.5 Å². The van der Waals surface area contributed by atoms with Crippen molar-refractivity contribution in [2.75, 3.05) is 10.6 Å². The summed E-state index contributed by atoms with van der Waals surface area (Å²) in [5.74, 6) is -1.50. The summed E-state index contributed by atoms with van der Waals surface area (Å²) < 4.78 is 0. The monoisotopic (exact) mass is 650 g/mol. The number of hydrogen-bond donors (Lipinski definition) is 3. The topological polar surface area (TPSA) is 156 Å². The molecule has 0 aliphatic heterocycles. The molecule has 46 heavy (non-hydrogen) atoms. The molecule has 4 aromatic carbocycles. The van der Waals surface area contributed by atoms with Crippen LogP contribution in [0.1, 0.15) is 31.7 Å². The van der Waals surface area contributed by atoms with E-state index in [1.54, 1.807) is 67.6 Å². The van der Waals surface area contributed by atoms with E-state index in [9.17, 15) is 24.5 Å². The number of nitrogens with zero attached hydrogens (tertiary/aromatic N) is 3. The molecular weight excluding hydrogens is 625 g/mol. The van der Waals surface area contributed by atoms with Crippen LogP contribution >= 0.6 is 23.1 Å². The molecule has 0 fully saturated rings. The largest absolute Gasteiger partial charge is 0.321 e. The van der Waals surface area contributed by atoms with Gasteiger partial charge >= 0.3 is 0 Å². The minimum Gasteiger partial charge on any atom is -0.321 e. The van der Waals surface area contributed by atoms with Crippen LogP contribution in [0.15, 0.2) is 120 Å². The minimum atomic E-state index is -0.684. The zero-order chi connectivity index (χ0) is 32.5. The van der Waals surface area contributed by atoms with E-state index in [2.05, 4.69) is 26.1 Å². The maximum Gasteiger partial charge on any atom is 0.276 e. The number of thioether (sulfide) groups is 1. The maximum atomic E-state index is 13.4. The molecule has 5 aromatic rings. The number of aryl methyl sites for hydroxylation is 1. The number of carbonyl (C=O) groups is 3. The molecule has 3 amide bonds. The predicted octanol–water partition coefficient (Wildman–Crippen LogP) is 6.64. The number of rotatable bonds is 11. The maximum absolute atomic E-state index is 13.4. The number of benzene rings is 4. The van der Waals surface area contributed by atoms with Gasteiger partial charge in [-0.1, -0.05) is 72.0 Å². The van der Waals surface area contributed by atoms with E-state index >= 15 is 0 Å². The summed E-state index contributed by atoms with van der Waals surface area (Å²) in [4.78, 5) is 51.5. The molecule has 1 unspecified atom stereocenters. The Morgan fingerprint density at radius 2 is 1.50 bits per heavy atom. The number of hydrogen-bond acceptors (Lipinski definition) is 9.